The highest BCUT2D eigenvalue weighted by Gasteiger charge is 2.17. The van der Waals surface area contributed by atoms with Gasteiger partial charge in [-0.05, 0) is 37.7 Å². The molecule has 1 aliphatic heterocycles. The number of urea groups is 1. The molecule has 1 saturated heterocycles. The fraction of sp³-hybridized carbons (Fsp3) is 0.647. The van der Waals surface area contributed by atoms with Gasteiger partial charge in [-0.2, -0.15) is 0 Å². The normalized spacial score (nSPS) is 21.3. The maximum atomic E-state index is 11.8. The van der Waals surface area contributed by atoms with E-state index in [2.05, 4.69) is 15.6 Å². The van der Waals surface area contributed by atoms with Crippen LogP contribution in [0.5, 0.6) is 5.88 Å². The molecule has 6 heteroatoms. The summed E-state index contributed by atoms with van der Waals surface area (Å²) < 4.78 is 11.1. The first-order valence-corrected chi connectivity index (χ1v) is 8.50. The zero-order chi connectivity index (χ0) is 15.9. The van der Waals surface area contributed by atoms with Crippen molar-refractivity contribution in [1.29, 1.82) is 0 Å². The molecule has 2 N–H and O–H groups in total. The van der Waals surface area contributed by atoms with Crippen LogP contribution in [0.1, 0.15) is 37.7 Å². The fourth-order valence-electron chi connectivity index (χ4n) is 2.99. The Morgan fingerprint density at radius 3 is 2.83 bits per heavy atom. The van der Waals surface area contributed by atoms with E-state index in [9.17, 15) is 4.79 Å². The number of carbonyl (C=O) groups is 1. The Bertz CT molecular complexity index is 494. The van der Waals surface area contributed by atoms with E-state index in [-0.39, 0.29) is 6.03 Å². The maximum absolute atomic E-state index is 11.8. The van der Waals surface area contributed by atoms with Gasteiger partial charge in [-0.25, -0.2) is 9.78 Å². The number of aromatic nitrogens is 1. The Hall–Kier alpha value is -1.82. The highest BCUT2D eigenvalue weighted by atomic mass is 16.5. The van der Waals surface area contributed by atoms with E-state index in [0.29, 0.717) is 31.0 Å². The van der Waals surface area contributed by atoms with Crippen molar-refractivity contribution in [3.05, 3.63) is 23.9 Å². The molecule has 2 aliphatic rings. The van der Waals surface area contributed by atoms with E-state index in [1.807, 2.05) is 12.1 Å². The molecule has 126 valence electrons. The lowest BCUT2D eigenvalue weighted by Crippen LogP contribution is -2.38. The number of ether oxygens (including phenoxy) is 2. The molecule has 0 radical (unpaired) electrons. The smallest absolute Gasteiger partial charge is 0.315 e. The average Bonchev–Trinajstić information content (AvgIpc) is 3.26. The van der Waals surface area contributed by atoms with Crippen LogP contribution >= 0.6 is 0 Å². The Labute approximate surface area is 137 Å². The summed E-state index contributed by atoms with van der Waals surface area (Å²) >= 11 is 0. The van der Waals surface area contributed by atoms with Gasteiger partial charge in [-0.3, -0.25) is 0 Å². The second kappa shape index (κ2) is 8.15. The topological polar surface area (TPSA) is 72.5 Å². The van der Waals surface area contributed by atoms with Crippen LogP contribution in [0.4, 0.5) is 4.79 Å². The molecule has 2 fully saturated rings. The minimum absolute atomic E-state index is 0.150. The lowest BCUT2D eigenvalue weighted by Gasteiger charge is -2.13. The Kier molecular flexibility index (Phi) is 5.69. The highest BCUT2D eigenvalue weighted by molar-refractivity contribution is 5.73. The van der Waals surface area contributed by atoms with E-state index < -0.39 is 0 Å². The van der Waals surface area contributed by atoms with Gasteiger partial charge in [0.15, 0.2) is 0 Å². The van der Waals surface area contributed by atoms with Gasteiger partial charge < -0.3 is 20.1 Å². The zero-order valence-corrected chi connectivity index (χ0v) is 13.4. The summed E-state index contributed by atoms with van der Waals surface area (Å²) in [5.41, 5.74) is 0.961. The van der Waals surface area contributed by atoms with Crippen LogP contribution in [0.2, 0.25) is 0 Å². The molecule has 1 atom stereocenters. The summed E-state index contributed by atoms with van der Waals surface area (Å²) in [4.78, 5) is 16.1. The van der Waals surface area contributed by atoms with Crippen molar-refractivity contribution in [2.45, 2.75) is 44.8 Å². The molecule has 6 nitrogen and oxygen atoms in total. The summed E-state index contributed by atoms with van der Waals surface area (Å²) in [6.07, 6.45) is 7.83. The van der Waals surface area contributed by atoms with Crippen LogP contribution in [-0.2, 0) is 11.3 Å². The van der Waals surface area contributed by atoms with Gasteiger partial charge in [0.2, 0.25) is 5.88 Å². The van der Waals surface area contributed by atoms with Gasteiger partial charge in [0.05, 0.1) is 6.61 Å². The molecular formula is C17H25N3O3. The minimum Gasteiger partial charge on any atom is -0.474 e. The van der Waals surface area contributed by atoms with Crippen LogP contribution in [0, 0.1) is 5.92 Å². The van der Waals surface area contributed by atoms with Crippen molar-refractivity contribution in [2.24, 2.45) is 5.92 Å². The predicted octanol–water partition coefficient (Wildman–Crippen LogP) is 2.24. The summed E-state index contributed by atoms with van der Waals surface area (Å²) in [5.74, 6) is 1.11. The first-order valence-electron chi connectivity index (χ1n) is 8.50. The standard InChI is InChI=1S/C17H25N3O3/c21-17(20-11-14-7-8-22-12-14)19-10-13-5-6-16(18-9-13)23-15-3-1-2-4-15/h5-6,9,14-15H,1-4,7-8,10-12H2,(H2,19,20,21)/t14-/m0/s1. The van der Waals surface area contributed by atoms with E-state index in [1.54, 1.807) is 6.20 Å². The average molecular weight is 319 g/mol. The second-order valence-electron chi connectivity index (χ2n) is 6.32. The van der Waals surface area contributed by atoms with Crippen molar-refractivity contribution < 1.29 is 14.3 Å². The number of amides is 2. The summed E-state index contributed by atoms with van der Waals surface area (Å²) in [6.45, 7) is 2.67. The highest BCUT2D eigenvalue weighted by Crippen LogP contribution is 2.22. The van der Waals surface area contributed by atoms with Gasteiger partial charge in [-0.1, -0.05) is 6.07 Å². The van der Waals surface area contributed by atoms with Gasteiger partial charge in [-0.15, -0.1) is 0 Å². The third-order valence-corrected chi connectivity index (χ3v) is 4.42. The second-order valence-corrected chi connectivity index (χ2v) is 6.32. The first-order chi connectivity index (χ1) is 11.3. The van der Waals surface area contributed by atoms with Gasteiger partial charge in [0, 0.05) is 37.9 Å². The monoisotopic (exact) mass is 319 g/mol. The van der Waals surface area contributed by atoms with Crippen molar-refractivity contribution in [3.8, 4) is 5.88 Å². The van der Waals surface area contributed by atoms with E-state index >= 15 is 0 Å². The Morgan fingerprint density at radius 1 is 1.26 bits per heavy atom. The molecule has 0 aromatic carbocycles. The number of hydrogen-bond acceptors (Lipinski definition) is 4. The molecule has 0 unspecified atom stereocenters. The molecule has 0 spiro atoms. The van der Waals surface area contributed by atoms with Gasteiger partial charge in [0.1, 0.15) is 6.10 Å². The van der Waals surface area contributed by atoms with Crippen LogP contribution in [0.15, 0.2) is 18.3 Å². The van der Waals surface area contributed by atoms with Crippen LogP contribution in [0.25, 0.3) is 0 Å². The first kappa shape index (κ1) is 16.1. The molecule has 1 aromatic rings. The third-order valence-electron chi connectivity index (χ3n) is 4.42. The number of nitrogens with zero attached hydrogens (tertiary/aromatic N) is 1. The third kappa shape index (κ3) is 5.10. The molecule has 1 saturated carbocycles. The molecule has 2 amide bonds. The van der Waals surface area contributed by atoms with E-state index in [0.717, 1.165) is 38.0 Å². The molecule has 23 heavy (non-hydrogen) atoms. The fourth-order valence-corrected chi connectivity index (χ4v) is 2.99. The molecular weight excluding hydrogens is 294 g/mol. The molecule has 1 aromatic heterocycles. The number of rotatable bonds is 6. The largest absolute Gasteiger partial charge is 0.474 e. The number of nitrogens with one attached hydrogen (secondary N) is 2. The quantitative estimate of drug-likeness (QED) is 0.843. The van der Waals surface area contributed by atoms with Crippen molar-refractivity contribution >= 4 is 6.03 Å². The lowest BCUT2D eigenvalue weighted by molar-refractivity contribution is 0.185. The molecule has 3 rings (SSSR count). The van der Waals surface area contributed by atoms with Crippen LogP contribution in [-0.4, -0.2) is 36.9 Å². The summed E-state index contributed by atoms with van der Waals surface area (Å²) in [5, 5.41) is 5.72. The van der Waals surface area contributed by atoms with E-state index in [1.165, 1.54) is 12.8 Å². The van der Waals surface area contributed by atoms with Gasteiger partial charge >= 0.3 is 6.03 Å². The van der Waals surface area contributed by atoms with Crippen LogP contribution in [0.3, 0.4) is 0 Å². The summed E-state index contributed by atoms with van der Waals surface area (Å²) in [7, 11) is 0. The summed E-state index contributed by atoms with van der Waals surface area (Å²) in [6, 6.07) is 3.68. The molecule has 2 heterocycles. The van der Waals surface area contributed by atoms with Crippen LogP contribution < -0.4 is 15.4 Å². The number of pyridine rings is 1. The van der Waals surface area contributed by atoms with Crippen molar-refractivity contribution in [1.82, 2.24) is 15.6 Å². The Morgan fingerprint density at radius 2 is 2.13 bits per heavy atom. The van der Waals surface area contributed by atoms with Gasteiger partial charge in [0.25, 0.3) is 0 Å². The SMILES string of the molecule is O=C(NCc1ccc(OC2CCCC2)nc1)NC[C@@H]1CCOC1. The predicted molar refractivity (Wildman–Crippen MR) is 86.3 cm³/mol. The number of carbonyl (C=O) groups excluding carboxylic acids is 1. The zero-order valence-electron chi connectivity index (χ0n) is 13.4. The minimum atomic E-state index is -0.150. The molecule has 1 aliphatic carbocycles. The maximum Gasteiger partial charge on any atom is 0.315 e. The van der Waals surface area contributed by atoms with Crippen molar-refractivity contribution in [2.75, 3.05) is 19.8 Å². The Balaban J connectivity index is 1.36. The van der Waals surface area contributed by atoms with Crippen molar-refractivity contribution in [3.63, 3.8) is 0 Å². The van der Waals surface area contributed by atoms with E-state index in [4.69, 9.17) is 9.47 Å². The molecule has 0 bridgehead atoms. The lowest BCUT2D eigenvalue weighted by atomic mass is 10.1. The number of hydrogen-bond donors (Lipinski definition) is 2.